The largest absolute Gasteiger partial charge is 0.378 e. The summed E-state index contributed by atoms with van der Waals surface area (Å²) in [4.78, 5) is 27.9. The van der Waals surface area contributed by atoms with Gasteiger partial charge in [-0.15, -0.1) is 0 Å². The molecule has 0 bridgehead atoms. The van der Waals surface area contributed by atoms with Crippen molar-refractivity contribution < 1.29 is 4.79 Å². The number of anilines is 1. The van der Waals surface area contributed by atoms with Gasteiger partial charge in [-0.2, -0.15) is 5.10 Å². The third-order valence-electron chi connectivity index (χ3n) is 5.49. The third-order valence-corrected chi connectivity index (χ3v) is 5.49. The molecular weight excluding hydrogens is 378 g/mol. The van der Waals surface area contributed by atoms with Crippen molar-refractivity contribution in [2.75, 3.05) is 19.0 Å². The number of hydrogen-bond acceptors (Lipinski definition) is 4. The van der Waals surface area contributed by atoms with Crippen LogP contribution in [0.3, 0.4) is 0 Å². The molecule has 1 amide bonds. The molecule has 2 aromatic heterocycles. The summed E-state index contributed by atoms with van der Waals surface area (Å²) in [5, 5.41) is 8.83. The highest BCUT2D eigenvalue weighted by Crippen LogP contribution is 2.29. The molecule has 0 aliphatic carbocycles. The van der Waals surface area contributed by atoms with E-state index in [4.69, 9.17) is 0 Å². The number of nitrogens with one attached hydrogen (secondary N) is 1. The minimum atomic E-state index is -0.552. The van der Waals surface area contributed by atoms with Gasteiger partial charge in [0.1, 0.15) is 11.6 Å². The minimum absolute atomic E-state index is 0.145. The third kappa shape index (κ3) is 3.32. The van der Waals surface area contributed by atoms with Crippen molar-refractivity contribution in [3.63, 3.8) is 0 Å². The first kappa shape index (κ1) is 19.7. The summed E-state index contributed by atoms with van der Waals surface area (Å²) in [5.41, 5.74) is 3.24. The van der Waals surface area contributed by atoms with E-state index in [1.807, 2.05) is 79.0 Å². The number of hydrogen-bond donors (Lipinski definition) is 1. The van der Waals surface area contributed by atoms with Gasteiger partial charge in [-0.1, -0.05) is 30.3 Å². The molecule has 7 nitrogen and oxygen atoms in total. The summed E-state index contributed by atoms with van der Waals surface area (Å²) in [7, 11) is 5.60. The van der Waals surface area contributed by atoms with Crippen molar-refractivity contribution in [2.24, 2.45) is 7.05 Å². The van der Waals surface area contributed by atoms with E-state index < -0.39 is 6.04 Å². The number of carbonyl (C=O) groups excluding carboxylic acids is 1. The molecule has 0 spiro atoms. The summed E-state index contributed by atoms with van der Waals surface area (Å²) in [6, 6.07) is 15.2. The second-order valence-electron chi connectivity index (χ2n) is 7.68. The first-order valence-electron chi connectivity index (χ1n) is 9.87. The second-order valence-corrected chi connectivity index (χ2v) is 7.68. The van der Waals surface area contributed by atoms with E-state index in [2.05, 4.69) is 10.4 Å². The van der Waals surface area contributed by atoms with Gasteiger partial charge in [0.25, 0.3) is 5.56 Å². The Morgan fingerprint density at radius 2 is 1.80 bits per heavy atom. The maximum atomic E-state index is 13.0. The Morgan fingerprint density at radius 3 is 2.50 bits per heavy atom. The maximum absolute atomic E-state index is 13.0. The van der Waals surface area contributed by atoms with Gasteiger partial charge in [-0.05, 0) is 30.7 Å². The van der Waals surface area contributed by atoms with Crippen molar-refractivity contribution in [1.29, 1.82) is 0 Å². The lowest BCUT2D eigenvalue weighted by Crippen LogP contribution is -2.32. The van der Waals surface area contributed by atoms with E-state index in [0.717, 1.165) is 27.5 Å². The number of para-hydroxylation sites is 1. The number of nitrogens with zero attached hydrogens (tertiary/aromatic N) is 4. The van der Waals surface area contributed by atoms with Gasteiger partial charge in [0.2, 0.25) is 5.91 Å². The highest BCUT2D eigenvalue weighted by Gasteiger charge is 2.23. The van der Waals surface area contributed by atoms with Crippen LogP contribution < -0.4 is 15.8 Å². The maximum Gasteiger partial charge on any atom is 0.291 e. The van der Waals surface area contributed by atoms with Crippen molar-refractivity contribution in [3.8, 4) is 0 Å². The Balaban J connectivity index is 1.66. The summed E-state index contributed by atoms with van der Waals surface area (Å²) in [6.45, 7) is 2.24. The molecular formula is C23H25N5O2. The Labute approximate surface area is 174 Å². The number of aromatic nitrogens is 3. The lowest BCUT2D eigenvalue weighted by molar-refractivity contribution is -0.123. The predicted molar refractivity (Wildman–Crippen MR) is 120 cm³/mol. The molecule has 4 rings (SSSR count). The molecule has 7 heteroatoms. The molecule has 2 aromatic carbocycles. The number of fused-ring (bicyclic) bond motifs is 3. The molecule has 30 heavy (non-hydrogen) atoms. The zero-order valence-electron chi connectivity index (χ0n) is 17.6. The van der Waals surface area contributed by atoms with Gasteiger partial charge in [0.05, 0.1) is 11.7 Å². The van der Waals surface area contributed by atoms with Crippen LogP contribution >= 0.6 is 0 Å². The monoisotopic (exact) mass is 403 g/mol. The van der Waals surface area contributed by atoms with E-state index in [0.29, 0.717) is 12.1 Å². The second kappa shape index (κ2) is 7.67. The van der Waals surface area contributed by atoms with Crippen LogP contribution in [-0.4, -0.2) is 34.4 Å². The average molecular weight is 403 g/mol. The topological polar surface area (TPSA) is 72.2 Å². The van der Waals surface area contributed by atoms with Crippen LogP contribution in [0.4, 0.5) is 5.69 Å². The van der Waals surface area contributed by atoms with Gasteiger partial charge >= 0.3 is 0 Å². The molecule has 0 aliphatic heterocycles. The molecule has 1 atom stereocenters. The molecule has 1 N–H and O–H groups in total. The Bertz CT molecular complexity index is 1280. The van der Waals surface area contributed by atoms with Gasteiger partial charge in [0, 0.05) is 44.1 Å². The first-order valence-corrected chi connectivity index (χ1v) is 9.87. The van der Waals surface area contributed by atoms with E-state index in [9.17, 15) is 9.59 Å². The standard InChI is InChI=1S/C23H25N5O2/c1-15(22(29)24-13-16-9-11-17(12-10-16)26(2)3)28-20-8-6-5-7-18(20)19-14-25-27(4)23(30)21(19)28/h5-12,14-15H,13H2,1-4H3,(H,24,29)/t15-/m0/s1. The minimum Gasteiger partial charge on any atom is -0.378 e. The van der Waals surface area contributed by atoms with Crippen LogP contribution in [0, 0.1) is 0 Å². The highest BCUT2D eigenvalue weighted by molar-refractivity contribution is 6.08. The molecule has 2 heterocycles. The van der Waals surface area contributed by atoms with Crippen molar-refractivity contribution in [2.45, 2.75) is 19.5 Å². The molecule has 154 valence electrons. The SMILES string of the molecule is C[C@@H](C(=O)NCc1ccc(N(C)C)cc1)n1c2ccccc2c2cnn(C)c(=O)c21. The fourth-order valence-electron chi connectivity index (χ4n) is 3.76. The van der Waals surface area contributed by atoms with E-state index in [1.54, 1.807) is 13.2 Å². The lowest BCUT2D eigenvalue weighted by atomic mass is 10.2. The number of amides is 1. The van der Waals surface area contributed by atoms with Crippen molar-refractivity contribution in [3.05, 3.63) is 70.6 Å². The van der Waals surface area contributed by atoms with Crippen molar-refractivity contribution in [1.82, 2.24) is 19.7 Å². The molecule has 0 aliphatic rings. The summed E-state index contributed by atoms with van der Waals surface area (Å²) < 4.78 is 3.12. The van der Waals surface area contributed by atoms with Gasteiger partial charge < -0.3 is 14.8 Å². The molecule has 0 radical (unpaired) electrons. The first-order chi connectivity index (χ1) is 14.4. The number of benzene rings is 2. The van der Waals surface area contributed by atoms with Crippen LogP contribution in [0.15, 0.2) is 59.5 Å². The van der Waals surface area contributed by atoms with Gasteiger partial charge in [-0.3, -0.25) is 9.59 Å². The quantitative estimate of drug-likeness (QED) is 0.556. The fourth-order valence-corrected chi connectivity index (χ4v) is 3.76. The van der Waals surface area contributed by atoms with Crippen LogP contribution in [0.5, 0.6) is 0 Å². The average Bonchev–Trinajstić information content (AvgIpc) is 3.09. The number of rotatable bonds is 5. The number of aryl methyl sites for hydroxylation is 1. The normalized spacial score (nSPS) is 12.3. The molecule has 4 aromatic rings. The Kier molecular flexibility index (Phi) is 5.03. The van der Waals surface area contributed by atoms with Crippen molar-refractivity contribution >= 4 is 33.4 Å². The smallest absolute Gasteiger partial charge is 0.291 e. The van der Waals surface area contributed by atoms with Gasteiger partial charge in [-0.25, -0.2) is 4.68 Å². The Morgan fingerprint density at radius 1 is 1.10 bits per heavy atom. The summed E-state index contributed by atoms with van der Waals surface area (Å²) >= 11 is 0. The van der Waals surface area contributed by atoms with E-state index >= 15 is 0 Å². The lowest BCUT2D eigenvalue weighted by Gasteiger charge is -2.17. The molecule has 0 fully saturated rings. The Hall–Kier alpha value is -3.61. The fraction of sp³-hybridized carbons (Fsp3) is 0.261. The van der Waals surface area contributed by atoms with Crippen LogP contribution in [-0.2, 0) is 18.4 Å². The molecule has 0 unspecified atom stereocenters. The zero-order chi connectivity index (χ0) is 21.4. The zero-order valence-corrected chi connectivity index (χ0v) is 17.6. The van der Waals surface area contributed by atoms with E-state index in [-0.39, 0.29) is 11.5 Å². The van der Waals surface area contributed by atoms with Crippen LogP contribution in [0.1, 0.15) is 18.5 Å². The summed E-state index contributed by atoms with van der Waals surface area (Å²) in [6.07, 6.45) is 1.69. The predicted octanol–water partition coefficient (Wildman–Crippen LogP) is 2.83. The van der Waals surface area contributed by atoms with Crippen LogP contribution in [0.2, 0.25) is 0 Å². The van der Waals surface area contributed by atoms with Crippen LogP contribution in [0.25, 0.3) is 21.8 Å². The molecule has 0 saturated heterocycles. The van der Waals surface area contributed by atoms with E-state index in [1.165, 1.54) is 4.68 Å². The molecule has 0 saturated carbocycles. The van der Waals surface area contributed by atoms with Gasteiger partial charge in [0.15, 0.2) is 0 Å². The number of carbonyl (C=O) groups is 1. The highest BCUT2D eigenvalue weighted by atomic mass is 16.2. The summed E-state index contributed by atoms with van der Waals surface area (Å²) in [5.74, 6) is -0.145.